The summed E-state index contributed by atoms with van der Waals surface area (Å²) in [5.41, 5.74) is 1.68. The number of aromatic amines is 2. The Hall–Kier alpha value is -2.83. The minimum Gasteiger partial charge on any atom is -0.322 e. The van der Waals surface area contributed by atoms with Crippen molar-refractivity contribution in [3.05, 3.63) is 47.1 Å². The fourth-order valence-corrected chi connectivity index (χ4v) is 1.93. The number of imidazole rings is 1. The van der Waals surface area contributed by atoms with E-state index < -0.39 is 0 Å². The summed E-state index contributed by atoms with van der Waals surface area (Å²) in [5, 5.41) is 8.97. The van der Waals surface area contributed by atoms with Gasteiger partial charge < -0.3 is 10.3 Å². The molecule has 7 heteroatoms. The number of anilines is 1. The molecule has 1 amide bonds. The number of amides is 1. The first-order valence-corrected chi connectivity index (χ1v) is 5.70. The van der Waals surface area contributed by atoms with Gasteiger partial charge in [0.05, 0.1) is 22.9 Å². The third kappa shape index (κ3) is 2.13. The minimum absolute atomic E-state index is 0.0476. The van der Waals surface area contributed by atoms with Crippen molar-refractivity contribution < 1.29 is 4.79 Å². The zero-order valence-corrected chi connectivity index (χ0v) is 9.88. The van der Waals surface area contributed by atoms with Gasteiger partial charge in [-0.1, -0.05) is 12.1 Å². The van der Waals surface area contributed by atoms with E-state index in [4.69, 9.17) is 0 Å². The lowest BCUT2D eigenvalue weighted by Crippen LogP contribution is -2.25. The first-order chi connectivity index (χ1) is 9.24. The predicted octanol–water partition coefficient (Wildman–Crippen LogP) is 0.691. The molecule has 0 unspecified atom stereocenters. The Kier molecular flexibility index (Phi) is 2.64. The van der Waals surface area contributed by atoms with Gasteiger partial charge in [-0.25, -0.2) is 4.79 Å². The second-order valence-corrected chi connectivity index (χ2v) is 4.07. The molecule has 0 aliphatic carbocycles. The number of para-hydroxylation sites is 2. The molecule has 0 saturated carbocycles. The standard InChI is InChI=1S/C12H11N5O2/c18-11(15-8-5-13-14-6-8)7-17-10-4-2-1-3-9(10)16-12(17)19/h1-6H,7H2,(H,13,14)(H,15,18)(H,16,19). The number of fused-ring (bicyclic) bond motifs is 1. The maximum atomic E-state index is 11.8. The second kappa shape index (κ2) is 4.45. The van der Waals surface area contributed by atoms with E-state index in [2.05, 4.69) is 20.5 Å². The van der Waals surface area contributed by atoms with Crippen LogP contribution in [0.15, 0.2) is 41.5 Å². The molecule has 0 spiro atoms. The number of rotatable bonds is 3. The summed E-state index contributed by atoms with van der Waals surface area (Å²) in [6, 6.07) is 7.23. The van der Waals surface area contributed by atoms with Gasteiger partial charge in [-0.05, 0) is 12.1 Å². The van der Waals surface area contributed by atoms with Crippen molar-refractivity contribution >= 4 is 22.6 Å². The Morgan fingerprint density at radius 3 is 3.00 bits per heavy atom. The second-order valence-electron chi connectivity index (χ2n) is 4.07. The van der Waals surface area contributed by atoms with E-state index in [1.165, 1.54) is 10.8 Å². The average molecular weight is 257 g/mol. The SMILES string of the molecule is O=C(Cn1c(=O)[nH]c2ccccc21)Nc1cn[nH]c1. The number of nitrogens with zero attached hydrogens (tertiary/aromatic N) is 2. The lowest BCUT2D eigenvalue weighted by Gasteiger charge is -2.03. The largest absolute Gasteiger partial charge is 0.326 e. The molecule has 0 atom stereocenters. The van der Waals surface area contributed by atoms with Crippen LogP contribution in [0.2, 0.25) is 0 Å². The molecule has 0 bridgehead atoms. The lowest BCUT2D eigenvalue weighted by molar-refractivity contribution is -0.116. The monoisotopic (exact) mass is 257 g/mol. The van der Waals surface area contributed by atoms with Crippen molar-refractivity contribution in [2.45, 2.75) is 6.54 Å². The number of benzene rings is 1. The van der Waals surface area contributed by atoms with Crippen molar-refractivity contribution in [3.63, 3.8) is 0 Å². The summed E-state index contributed by atoms with van der Waals surface area (Å²) in [7, 11) is 0. The van der Waals surface area contributed by atoms with Crippen LogP contribution >= 0.6 is 0 Å². The van der Waals surface area contributed by atoms with Gasteiger partial charge in [-0.2, -0.15) is 5.10 Å². The zero-order chi connectivity index (χ0) is 13.2. The van der Waals surface area contributed by atoms with Crippen molar-refractivity contribution in [2.24, 2.45) is 0 Å². The van der Waals surface area contributed by atoms with Crippen molar-refractivity contribution in [1.29, 1.82) is 0 Å². The van der Waals surface area contributed by atoms with E-state index in [-0.39, 0.29) is 18.1 Å². The summed E-state index contributed by atoms with van der Waals surface area (Å²) in [6.45, 7) is -0.0476. The minimum atomic E-state index is -0.302. The normalized spacial score (nSPS) is 10.7. The van der Waals surface area contributed by atoms with Gasteiger partial charge >= 0.3 is 5.69 Å². The summed E-state index contributed by atoms with van der Waals surface area (Å²) >= 11 is 0. The molecule has 0 aliphatic rings. The van der Waals surface area contributed by atoms with Crippen molar-refractivity contribution in [1.82, 2.24) is 19.7 Å². The van der Waals surface area contributed by atoms with Gasteiger partial charge in [-0.15, -0.1) is 0 Å². The Labute approximate surface area is 107 Å². The highest BCUT2D eigenvalue weighted by molar-refractivity contribution is 5.91. The van der Waals surface area contributed by atoms with Gasteiger partial charge in [0.15, 0.2) is 0 Å². The molecule has 3 rings (SSSR count). The maximum Gasteiger partial charge on any atom is 0.326 e. The highest BCUT2D eigenvalue weighted by atomic mass is 16.2. The van der Waals surface area contributed by atoms with E-state index in [0.29, 0.717) is 16.7 Å². The fraction of sp³-hybridized carbons (Fsp3) is 0.0833. The average Bonchev–Trinajstić information content (AvgIpc) is 2.99. The van der Waals surface area contributed by atoms with Crippen LogP contribution < -0.4 is 11.0 Å². The van der Waals surface area contributed by atoms with E-state index in [0.717, 1.165) is 0 Å². The van der Waals surface area contributed by atoms with Gasteiger partial charge in [0.25, 0.3) is 0 Å². The van der Waals surface area contributed by atoms with Crippen LogP contribution in [0.4, 0.5) is 5.69 Å². The van der Waals surface area contributed by atoms with Gasteiger partial charge in [0.1, 0.15) is 6.54 Å². The number of carbonyl (C=O) groups excluding carboxylic acids is 1. The molecule has 0 saturated heterocycles. The van der Waals surface area contributed by atoms with Crippen molar-refractivity contribution in [3.8, 4) is 0 Å². The zero-order valence-electron chi connectivity index (χ0n) is 9.88. The highest BCUT2D eigenvalue weighted by Gasteiger charge is 2.10. The molecule has 0 radical (unpaired) electrons. The summed E-state index contributed by atoms with van der Waals surface area (Å²) in [4.78, 5) is 26.3. The van der Waals surface area contributed by atoms with Crippen LogP contribution in [0.5, 0.6) is 0 Å². The van der Waals surface area contributed by atoms with Crippen LogP contribution in [0.25, 0.3) is 11.0 Å². The molecule has 2 aromatic heterocycles. The maximum absolute atomic E-state index is 11.8. The molecule has 96 valence electrons. The Morgan fingerprint density at radius 1 is 1.37 bits per heavy atom. The number of carbonyl (C=O) groups is 1. The van der Waals surface area contributed by atoms with Crippen molar-refractivity contribution in [2.75, 3.05) is 5.32 Å². The van der Waals surface area contributed by atoms with Crippen LogP contribution in [0, 0.1) is 0 Å². The van der Waals surface area contributed by atoms with E-state index in [1.54, 1.807) is 18.3 Å². The predicted molar refractivity (Wildman–Crippen MR) is 69.8 cm³/mol. The number of aromatic nitrogens is 4. The third-order valence-corrected chi connectivity index (χ3v) is 2.77. The molecular weight excluding hydrogens is 246 g/mol. The van der Waals surface area contributed by atoms with Crippen LogP contribution in [-0.4, -0.2) is 25.7 Å². The molecule has 19 heavy (non-hydrogen) atoms. The summed E-state index contributed by atoms with van der Waals surface area (Å²) in [6.07, 6.45) is 3.06. The highest BCUT2D eigenvalue weighted by Crippen LogP contribution is 2.09. The number of nitrogens with one attached hydrogen (secondary N) is 3. The Bertz CT molecular complexity index is 769. The Morgan fingerprint density at radius 2 is 2.21 bits per heavy atom. The van der Waals surface area contributed by atoms with E-state index >= 15 is 0 Å². The van der Waals surface area contributed by atoms with Gasteiger partial charge in [0.2, 0.25) is 5.91 Å². The third-order valence-electron chi connectivity index (χ3n) is 2.77. The topological polar surface area (TPSA) is 95.6 Å². The summed E-state index contributed by atoms with van der Waals surface area (Å²) < 4.78 is 1.39. The lowest BCUT2D eigenvalue weighted by atomic mass is 10.3. The fourth-order valence-electron chi connectivity index (χ4n) is 1.93. The molecular formula is C12H11N5O2. The first-order valence-electron chi connectivity index (χ1n) is 5.70. The molecule has 3 N–H and O–H groups in total. The first kappa shape index (κ1) is 11.3. The number of hydrogen-bond donors (Lipinski definition) is 3. The Balaban J connectivity index is 1.87. The number of H-pyrrole nitrogens is 2. The van der Waals surface area contributed by atoms with E-state index in [9.17, 15) is 9.59 Å². The van der Waals surface area contributed by atoms with Crippen LogP contribution in [-0.2, 0) is 11.3 Å². The van der Waals surface area contributed by atoms with Gasteiger partial charge in [-0.3, -0.25) is 14.5 Å². The molecule has 2 heterocycles. The number of hydrogen-bond acceptors (Lipinski definition) is 3. The van der Waals surface area contributed by atoms with Crippen LogP contribution in [0.1, 0.15) is 0 Å². The molecule has 1 aromatic carbocycles. The summed E-state index contributed by atoms with van der Waals surface area (Å²) in [5.74, 6) is -0.284. The van der Waals surface area contributed by atoms with E-state index in [1.807, 2.05) is 12.1 Å². The van der Waals surface area contributed by atoms with Gasteiger partial charge in [0, 0.05) is 6.20 Å². The molecule has 7 nitrogen and oxygen atoms in total. The van der Waals surface area contributed by atoms with Crippen LogP contribution in [0.3, 0.4) is 0 Å². The molecule has 0 fully saturated rings. The smallest absolute Gasteiger partial charge is 0.322 e. The molecule has 0 aliphatic heterocycles. The quantitative estimate of drug-likeness (QED) is 0.644. The molecule has 3 aromatic rings.